The molecule has 0 unspecified atom stereocenters. The zero-order valence-electron chi connectivity index (χ0n) is 40.8. The Kier molecular flexibility index (Phi) is 16.9. The Bertz CT molecular complexity index is 2510. The summed E-state index contributed by atoms with van der Waals surface area (Å²) in [6, 6.07) is 21.9. The second-order valence-corrected chi connectivity index (χ2v) is 20.0. The molecule has 0 spiro atoms. The first-order valence-corrected chi connectivity index (χ1v) is 26.2. The van der Waals surface area contributed by atoms with E-state index in [9.17, 15) is 9.90 Å². The fourth-order valence-corrected chi connectivity index (χ4v) is 10.9. The van der Waals surface area contributed by atoms with Crippen LogP contribution in [0.4, 0.5) is 17.3 Å². The van der Waals surface area contributed by atoms with Crippen molar-refractivity contribution in [3.63, 3.8) is 0 Å². The Morgan fingerprint density at radius 3 is 2.43 bits per heavy atom. The summed E-state index contributed by atoms with van der Waals surface area (Å²) in [5, 5.41) is 30.8. The molecule has 3 aromatic heterocycles. The molecule has 16 heteroatoms. The SMILES string of the molecule is CCc1cnn2c(NCc3ccc(OCCCN4CCN(CC5CCN(c6ccc(C(=O)N[C@H]7CC[C@H](Oc8ccc(C#N)c(Cl)c8)CC7)cc6)CC5)CC4)nc3)cc(N3CCCC[C@@H]3CCO)nc12. The van der Waals surface area contributed by atoms with Crippen molar-refractivity contribution in [1.29, 1.82) is 5.26 Å². The van der Waals surface area contributed by atoms with Crippen LogP contribution < -0.4 is 29.9 Å². The van der Waals surface area contributed by atoms with E-state index in [0.29, 0.717) is 52.9 Å². The summed E-state index contributed by atoms with van der Waals surface area (Å²) in [5.74, 6) is 3.85. The number of halogens is 1. The van der Waals surface area contributed by atoms with Crippen LogP contribution in [-0.4, -0.2) is 131 Å². The number of amides is 1. The van der Waals surface area contributed by atoms with Crippen LogP contribution in [0.15, 0.2) is 73.1 Å². The molecular formula is C54H70ClN11O4. The van der Waals surface area contributed by atoms with Crippen molar-refractivity contribution in [1.82, 2.24) is 34.7 Å². The lowest BCUT2D eigenvalue weighted by atomic mass is 9.92. The summed E-state index contributed by atoms with van der Waals surface area (Å²) in [5.41, 5.74) is 5.38. The molecule has 3 N–H and O–H groups in total. The summed E-state index contributed by atoms with van der Waals surface area (Å²) >= 11 is 6.18. The standard InChI is InChI=1S/C54H70ClN11O4/c1-2-41-37-59-66-50(33-51(61-53(41)66)65-23-4-3-6-46(65)21-30-67)57-35-40-7-18-52(58-36-40)69-31-5-22-62-26-28-63(29-27-62)38-39-19-24-64(25-20-39)45-13-8-42(9-14-45)54(68)60-44-11-16-47(17-12-44)70-48-15-10-43(34-56)49(55)32-48/h7-10,13-15,18,32-33,36-37,39,44,46-47,57,67H,2-6,11-12,16-17,19-31,35,38H2,1H3,(H,60,68)/t44-,46-,47-/m1/s1. The lowest BCUT2D eigenvalue weighted by Gasteiger charge is -2.39. The fraction of sp³-hybridized carbons (Fsp3) is 0.537. The molecule has 372 valence electrons. The summed E-state index contributed by atoms with van der Waals surface area (Å²) in [6.45, 7) is 13.2. The molecule has 3 aliphatic heterocycles. The van der Waals surface area contributed by atoms with E-state index in [1.807, 2.05) is 35.1 Å². The maximum absolute atomic E-state index is 13.2. The Labute approximate surface area is 418 Å². The first-order valence-electron chi connectivity index (χ1n) is 25.9. The Balaban J connectivity index is 0.638. The molecule has 2 aromatic carbocycles. The zero-order valence-corrected chi connectivity index (χ0v) is 41.5. The number of aromatic nitrogens is 4. The van der Waals surface area contributed by atoms with Crippen molar-refractivity contribution in [2.24, 2.45) is 5.92 Å². The van der Waals surface area contributed by atoms with Gasteiger partial charge in [-0.15, -0.1) is 0 Å². The van der Waals surface area contributed by atoms with Gasteiger partial charge in [0.2, 0.25) is 5.88 Å². The van der Waals surface area contributed by atoms with Gasteiger partial charge in [0.25, 0.3) is 5.91 Å². The van der Waals surface area contributed by atoms with Crippen molar-refractivity contribution in [2.45, 2.75) is 109 Å². The predicted molar refractivity (Wildman–Crippen MR) is 275 cm³/mol. The number of hydrogen-bond donors (Lipinski definition) is 3. The number of fused-ring (bicyclic) bond motifs is 1. The molecule has 0 bridgehead atoms. The highest BCUT2D eigenvalue weighted by Crippen LogP contribution is 2.31. The lowest BCUT2D eigenvalue weighted by molar-refractivity contribution is 0.0894. The topological polar surface area (TPSA) is 160 Å². The van der Waals surface area contributed by atoms with Gasteiger partial charge in [-0.05, 0) is 125 Å². The number of nitrogens with zero attached hydrogens (tertiary/aromatic N) is 9. The van der Waals surface area contributed by atoms with Gasteiger partial charge in [-0.1, -0.05) is 24.6 Å². The molecule has 4 fully saturated rings. The fourth-order valence-electron chi connectivity index (χ4n) is 10.7. The van der Waals surface area contributed by atoms with Crippen LogP contribution >= 0.6 is 11.6 Å². The summed E-state index contributed by atoms with van der Waals surface area (Å²) in [6.07, 6.45) is 15.6. The number of nitrogens with one attached hydrogen (secondary N) is 2. The predicted octanol–water partition coefficient (Wildman–Crippen LogP) is 7.99. The van der Waals surface area contributed by atoms with Crippen molar-refractivity contribution in [2.75, 3.05) is 87.2 Å². The van der Waals surface area contributed by atoms with Crippen molar-refractivity contribution < 1.29 is 19.4 Å². The quantitative estimate of drug-likeness (QED) is 0.0685. The van der Waals surface area contributed by atoms with Crippen LogP contribution in [0, 0.1) is 17.2 Å². The third kappa shape index (κ3) is 12.6. The smallest absolute Gasteiger partial charge is 0.251 e. The molecule has 0 radical (unpaired) electrons. The maximum Gasteiger partial charge on any atom is 0.251 e. The van der Waals surface area contributed by atoms with Gasteiger partial charge in [-0.2, -0.15) is 14.9 Å². The third-order valence-electron chi connectivity index (χ3n) is 14.9. The Morgan fingerprint density at radius 1 is 0.900 bits per heavy atom. The molecular weight excluding hydrogens is 902 g/mol. The molecule has 1 atom stereocenters. The van der Waals surface area contributed by atoms with E-state index in [-0.39, 0.29) is 24.7 Å². The van der Waals surface area contributed by atoms with Crippen LogP contribution in [0.1, 0.15) is 105 Å². The minimum Gasteiger partial charge on any atom is -0.490 e. The first-order chi connectivity index (χ1) is 34.3. The van der Waals surface area contributed by atoms with Gasteiger partial charge in [0.05, 0.1) is 29.5 Å². The van der Waals surface area contributed by atoms with Gasteiger partial charge < -0.3 is 44.8 Å². The van der Waals surface area contributed by atoms with Crippen molar-refractivity contribution in [3.05, 3.63) is 100 Å². The van der Waals surface area contributed by atoms with E-state index in [0.717, 1.165) is 139 Å². The number of benzene rings is 2. The number of carbonyl (C=O) groups is 1. The maximum atomic E-state index is 13.2. The Hall–Kier alpha value is -5.66. The average Bonchev–Trinajstić information content (AvgIpc) is 3.82. The molecule has 1 saturated carbocycles. The van der Waals surface area contributed by atoms with Crippen LogP contribution in [0.25, 0.3) is 5.65 Å². The second kappa shape index (κ2) is 24.0. The number of rotatable bonds is 19. The molecule has 70 heavy (non-hydrogen) atoms. The van der Waals surface area contributed by atoms with Gasteiger partial charge in [0.15, 0.2) is 5.65 Å². The summed E-state index contributed by atoms with van der Waals surface area (Å²) in [7, 11) is 0. The number of piperidine rings is 2. The number of hydrogen-bond acceptors (Lipinski definition) is 13. The van der Waals surface area contributed by atoms with Crippen molar-refractivity contribution >= 4 is 40.5 Å². The highest BCUT2D eigenvalue weighted by atomic mass is 35.5. The number of aryl methyl sites for hydroxylation is 1. The number of aliphatic hydroxyl groups is 1. The first kappa shape index (κ1) is 49.3. The zero-order chi connectivity index (χ0) is 48.2. The van der Waals surface area contributed by atoms with Crippen LogP contribution in [-0.2, 0) is 13.0 Å². The number of pyridine rings is 1. The molecule has 4 aliphatic rings. The molecule has 1 amide bonds. The molecule has 1 aliphatic carbocycles. The lowest BCUT2D eigenvalue weighted by Crippen LogP contribution is -2.49. The highest BCUT2D eigenvalue weighted by molar-refractivity contribution is 6.31. The van der Waals surface area contributed by atoms with Crippen molar-refractivity contribution in [3.8, 4) is 17.7 Å². The monoisotopic (exact) mass is 972 g/mol. The second-order valence-electron chi connectivity index (χ2n) is 19.6. The van der Waals surface area contributed by atoms with Gasteiger partial charge in [-0.3, -0.25) is 4.79 Å². The minimum absolute atomic E-state index is 0.0213. The number of piperazine rings is 1. The molecule has 5 aromatic rings. The number of carbonyl (C=O) groups excluding carboxylic acids is 1. The normalized spacial score (nSPS) is 20.6. The number of anilines is 3. The molecule has 6 heterocycles. The number of ether oxygens (including phenoxy) is 2. The van der Waals surface area contributed by atoms with Crippen LogP contribution in [0.3, 0.4) is 0 Å². The van der Waals surface area contributed by atoms with E-state index in [2.05, 4.69) is 77.6 Å². The van der Waals surface area contributed by atoms with Crippen LogP contribution in [0.2, 0.25) is 5.02 Å². The highest BCUT2D eigenvalue weighted by Gasteiger charge is 2.28. The Morgan fingerprint density at radius 2 is 1.70 bits per heavy atom. The molecule has 9 rings (SSSR count). The third-order valence-corrected chi connectivity index (χ3v) is 15.2. The van der Waals surface area contributed by atoms with E-state index in [1.165, 1.54) is 31.5 Å². The minimum atomic E-state index is -0.0213. The number of nitriles is 1. The molecule has 15 nitrogen and oxygen atoms in total. The van der Waals surface area contributed by atoms with E-state index >= 15 is 0 Å². The molecule has 3 saturated heterocycles. The summed E-state index contributed by atoms with van der Waals surface area (Å²) < 4.78 is 14.1. The van der Waals surface area contributed by atoms with Gasteiger partial charge in [0.1, 0.15) is 23.5 Å². The van der Waals surface area contributed by atoms with Gasteiger partial charge >= 0.3 is 0 Å². The van der Waals surface area contributed by atoms with E-state index in [1.54, 1.807) is 18.2 Å². The van der Waals surface area contributed by atoms with E-state index in [4.69, 9.17) is 31.3 Å². The summed E-state index contributed by atoms with van der Waals surface area (Å²) in [4.78, 5) is 32.9. The number of aliphatic hydroxyl groups excluding tert-OH is 1. The van der Waals surface area contributed by atoms with Gasteiger partial charge in [0, 0.05) is 125 Å². The van der Waals surface area contributed by atoms with Gasteiger partial charge in [-0.25, -0.2) is 9.97 Å². The van der Waals surface area contributed by atoms with Crippen LogP contribution in [0.5, 0.6) is 11.6 Å². The largest absolute Gasteiger partial charge is 0.490 e. The average molecular weight is 973 g/mol. The van der Waals surface area contributed by atoms with E-state index < -0.39 is 0 Å².